The third-order valence-electron chi connectivity index (χ3n) is 4.49. The molecule has 3 heterocycles. The third kappa shape index (κ3) is 2.91. The van der Waals surface area contributed by atoms with Crippen LogP contribution in [0.1, 0.15) is 61.3 Å². The van der Waals surface area contributed by atoms with Crippen LogP contribution in [0.4, 0.5) is 0 Å². The monoisotopic (exact) mass is 367 g/mol. The Labute approximate surface area is 156 Å². The average molecular weight is 367 g/mol. The van der Waals surface area contributed by atoms with Gasteiger partial charge < -0.3 is 14.3 Å². The molecule has 0 amide bonds. The van der Waals surface area contributed by atoms with Crippen molar-refractivity contribution < 1.29 is 9.53 Å². The van der Waals surface area contributed by atoms with Gasteiger partial charge in [0.2, 0.25) is 0 Å². The Morgan fingerprint density at radius 1 is 1.33 bits per heavy atom. The van der Waals surface area contributed by atoms with Crippen LogP contribution in [0.2, 0.25) is 0 Å². The number of methoxy groups -OCH3 is 1. The summed E-state index contributed by atoms with van der Waals surface area (Å²) in [5.41, 5.74) is 2.51. The molecule has 0 saturated carbocycles. The summed E-state index contributed by atoms with van der Waals surface area (Å²) in [7, 11) is 1.33. The molecule has 0 aliphatic carbocycles. The van der Waals surface area contributed by atoms with Gasteiger partial charge in [-0.25, -0.2) is 4.79 Å². The molecule has 0 radical (unpaired) electrons. The summed E-state index contributed by atoms with van der Waals surface area (Å²) >= 11 is 0. The number of nitrogens with zero attached hydrogens (tertiary/aromatic N) is 4. The van der Waals surface area contributed by atoms with Gasteiger partial charge >= 0.3 is 5.97 Å². The number of carbonyl (C=O) groups excluding carboxylic acids is 1. The fraction of sp³-hybridized carbons (Fsp3) is 0.368. The second-order valence-electron chi connectivity index (χ2n) is 6.91. The van der Waals surface area contributed by atoms with E-state index in [1.807, 2.05) is 40.0 Å². The van der Waals surface area contributed by atoms with E-state index in [0.717, 1.165) is 0 Å². The Morgan fingerprint density at radius 2 is 2.04 bits per heavy atom. The van der Waals surface area contributed by atoms with Crippen LogP contribution in [0.15, 0.2) is 23.3 Å². The fourth-order valence-electron chi connectivity index (χ4n) is 3.19. The van der Waals surface area contributed by atoms with Crippen LogP contribution < -0.4 is 5.56 Å². The molecule has 0 aliphatic rings. The first-order valence-electron chi connectivity index (χ1n) is 8.64. The average Bonchev–Trinajstić information content (AvgIpc) is 3.24. The van der Waals surface area contributed by atoms with Crippen molar-refractivity contribution >= 4 is 11.6 Å². The van der Waals surface area contributed by atoms with Crippen LogP contribution in [0.3, 0.4) is 0 Å². The van der Waals surface area contributed by atoms with E-state index in [4.69, 9.17) is 4.74 Å². The maximum atomic E-state index is 13.0. The molecule has 140 valence electrons. The first-order chi connectivity index (χ1) is 12.8. The van der Waals surface area contributed by atoms with Crippen molar-refractivity contribution in [1.29, 1.82) is 5.26 Å². The van der Waals surface area contributed by atoms with Crippen molar-refractivity contribution in [1.82, 2.24) is 19.2 Å². The topological polar surface area (TPSA) is 105 Å². The number of aromatic amines is 1. The van der Waals surface area contributed by atoms with Gasteiger partial charge in [0.25, 0.3) is 5.56 Å². The number of hydrogen-bond acceptors (Lipinski definition) is 5. The highest BCUT2D eigenvalue weighted by molar-refractivity contribution is 5.90. The van der Waals surface area contributed by atoms with Gasteiger partial charge in [0.15, 0.2) is 5.65 Å². The maximum absolute atomic E-state index is 13.0. The number of nitriles is 1. The lowest BCUT2D eigenvalue weighted by Crippen LogP contribution is -2.22. The molecule has 0 saturated heterocycles. The fourth-order valence-corrected chi connectivity index (χ4v) is 3.19. The summed E-state index contributed by atoms with van der Waals surface area (Å²) in [4.78, 5) is 28.3. The summed E-state index contributed by atoms with van der Waals surface area (Å²) in [5.74, 6) is -0.543. The van der Waals surface area contributed by atoms with E-state index < -0.39 is 5.97 Å². The maximum Gasteiger partial charge on any atom is 0.354 e. The number of esters is 1. The zero-order chi connectivity index (χ0) is 19.9. The highest BCUT2D eigenvalue weighted by Gasteiger charge is 2.23. The SMILES string of the molecule is COC(=O)c1cc(-c2[nH]c3c(C#N)cnn3c(=O)c2C(C)C)cn1C(C)C. The molecule has 0 aliphatic heterocycles. The van der Waals surface area contributed by atoms with Gasteiger partial charge in [-0.05, 0) is 25.8 Å². The number of rotatable bonds is 4. The van der Waals surface area contributed by atoms with Crippen molar-refractivity contribution in [2.45, 2.75) is 39.7 Å². The normalized spacial score (nSPS) is 11.3. The molecule has 0 spiro atoms. The highest BCUT2D eigenvalue weighted by Crippen LogP contribution is 2.29. The summed E-state index contributed by atoms with van der Waals surface area (Å²) in [5, 5.41) is 13.3. The van der Waals surface area contributed by atoms with Gasteiger partial charge in [0, 0.05) is 23.4 Å². The van der Waals surface area contributed by atoms with Gasteiger partial charge in [0.05, 0.1) is 19.0 Å². The van der Waals surface area contributed by atoms with Gasteiger partial charge in [-0.15, -0.1) is 0 Å². The van der Waals surface area contributed by atoms with E-state index in [1.165, 1.54) is 17.8 Å². The van der Waals surface area contributed by atoms with Crippen molar-refractivity contribution in [2.75, 3.05) is 7.11 Å². The molecule has 3 aromatic rings. The van der Waals surface area contributed by atoms with Crippen molar-refractivity contribution in [3.63, 3.8) is 0 Å². The minimum absolute atomic E-state index is 0.0236. The predicted octanol–water partition coefficient (Wildman–Crippen LogP) is 2.85. The summed E-state index contributed by atoms with van der Waals surface area (Å²) in [6, 6.07) is 3.75. The van der Waals surface area contributed by atoms with E-state index in [0.29, 0.717) is 28.2 Å². The molecule has 3 aromatic heterocycles. The molecule has 0 atom stereocenters. The number of aromatic nitrogens is 4. The molecule has 0 bridgehead atoms. The molecule has 8 nitrogen and oxygen atoms in total. The molecule has 0 aromatic carbocycles. The smallest absolute Gasteiger partial charge is 0.354 e. The first kappa shape index (κ1) is 18.5. The van der Waals surface area contributed by atoms with E-state index in [9.17, 15) is 14.9 Å². The number of fused-ring (bicyclic) bond motifs is 1. The second-order valence-corrected chi connectivity index (χ2v) is 6.91. The van der Waals surface area contributed by atoms with Crippen LogP contribution in [-0.4, -0.2) is 32.2 Å². The van der Waals surface area contributed by atoms with E-state index in [1.54, 1.807) is 10.6 Å². The zero-order valence-corrected chi connectivity index (χ0v) is 15.9. The number of carbonyl (C=O) groups is 1. The molecule has 0 unspecified atom stereocenters. The predicted molar refractivity (Wildman–Crippen MR) is 99.8 cm³/mol. The summed E-state index contributed by atoms with van der Waals surface area (Å²) in [6.07, 6.45) is 3.17. The lowest BCUT2D eigenvalue weighted by atomic mass is 9.99. The van der Waals surface area contributed by atoms with E-state index in [2.05, 4.69) is 10.1 Å². The Hall–Kier alpha value is -3.34. The van der Waals surface area contributed by atoms with Gasteiger partial charge in [0.1, 0.15) is 17.3 Å². The Kier molecular flexibility index (Phi) is 4.62. The second kappa shape index (κ2) is 6.76. The Bertz CT molecular complexity index is 1120. The largest absolute Gasteiger partial charge is 0.464 e. The summed E-state index contributed by atoms with van der Waals surface area (Å²) < 4.78 is 7.89. The van der Waals surface area contributed by atoms with Gasteiger partial charge in [-0.1, -0.05) is 13.8 Å². The lowest BCUT2D eigenvalue weighted by Gasteiger charge is -2.12. The number of H-pyrrole nitrogens is 1. The van der Waals surface area contributed by atoms with E-state index in [-0.39, 0.29) is 23.1 Å². The van der Waals surface area contributed by atoms with Crippen LogP contribution in [0, 0.1) is 11.3 Å². The number of nitrogens with one attached hydrogen (secondary N) is 1. The molecule has 8 heteroatoms. The summed E-state index contributed by atoms with van der Waals surface area (Å²) in [6.45, 7) is 7.73. The van der Waals surface area contributed by atoms with Gasteiger partial charge in [-0.3, -0.25) is 4.79 Å². The third-order valence-corrected chi connectivity index (χ3v) is 4.49. The molecular formula is C19H21N5O3. The van der Waals surface area contributed by atoms with Crippen LogP contribution in [0.5, 0.6) is 0 Å². The zero-order valence-electron chi connectivity index (χ0n) is 15.9. The highest BCUT2D eigenvalue weighted by atomic mass is 16.5. The molecule has 3 rings (SSSR count). The van der Waals surface area contributed by atoms with Crippen LogP contribution >= 0.6 is 0 Å². The minimum Gasteiger partial charge on any atom is -0.464 e. The number of hydrogen-bond donors (Lipinski definition) is 1. The first-order valence-corrected chi connectivity index (χ1v) is 8.64. The quantitative estimate of drug-likeness (QED) is 0.714. The van der Waals surface area contributed by atoms with E-state index >= 15 is 0 Å². The van der Waals surface area contributed by atoms with Crippen molar-refractivity contribution in [3.05, 3.63) is 45.6 Å². The number of ether oxygens (including phenoxy) is 1. The van der Waals surface area contributed by atoms with Crippen molar-refractivity contribution in [2.24, 2.45) is 0 Å². The molecular weight excluding hydrogens is 346 g/mol. The molecule has 1 N–H and O–H groups in total. The van der Waals surface area contributed by atoms with Gasteiger partial charge in [-0.2, -0.15) is 14.9 Å². The molecule has 27 heavy (non-hydrogen) atoms. The Morgan fingerprint density at radius 3 is 2.59 bits per heavy atom. The Balaban J connectivity index is 2.37. The standard InChI is InChI=1S/C19H21N5O3/c1-10(2)15-16(22-17-13(7-20)8-21-24(17)18(15)25)12-6-14(19(26)27-5)23(9-12)11(3)4/h6,8-11,22H,1-5H3. The van der Waals surface area contributed by atoms with Crippen molar-refractivity contribution in [3.8, 4) is 17.3 Å². The molecule has 0 fully saturated rings. The van der Waals surface area contributed by atoms with Crippen LogP contribution in [0.25, 0.3) is 16.9 Å². The minimum atomic E-state index is -0.452. The van der Waals surface area contributed by atoms with Crippen LogP contribution in [-0.2, 0) is 4.74 Å². The lowest BCUT2D eigenvalue weighted by molar-refractivity contribution is 0.0586.